The van der Waals surface area contributed by atoms with Gasteiger partial charge in [-0.25, -0.2) is 14.4 Å². The van der Waals surface area contributed by atoms with Gasteiger partial charge < -0.3 is 5.32 Å². The average Bonchev–Trinajstić information content (AvgIpc) is 2.35. The minimum Gasteiger partial charge on any atom is -0.371 e. The fraction of sp³-hybridized carbons (Fsp3) is 0.167. The molecule has 6 heteroatoms. The number of nitrogens with zero attached hydrogens (tertiary/aromatic N) is 2. The molecule has 2 rings (SSSR count). The molecule has 0 spiro atoms. The molecule has 0 aliphatic carbocycles. The highest BCUT2D eigenvalue weighted by molar-refractivity contribution is 9.10. The van der Waals surface area contributed by atoms with Gasteiger partial charge in [0.05, 0.1) is 10.7 Å². The summed E-state index contributed by atoms with van der Waals surface area (Å²) in [5, 5.41) is 3.22. The first-order valence-corrected chi connectivity index (χ1v) is 6.37. The van der Waals surface area contributed by atoms with Crippen molar-refractivity contribution in [1.29, 1.82) is 0 Å². The van der Waals surface area contributed by atoms with Crippen molar-refractivity contribution >= 4 is 33.3 Å². The summed E-state index contributed by atoms with van der Waals surface area (Å²) in [5.41, 5.74) is 0.936. The van der Waals surface area contributed by atoms with Crippen LogP contribution in [0, 0.1) is 12.7 Å². The van der Waals surface area contributed by atoms with E-state index in [1.807, 2.05) is 6.07 Å². The van der Waals surface area contributed by atoms with Gasteiger partial charge in [-0.2, -0.15) is 0 Å². The molecular formula is C12H10BrClFN3. The Hall–Kier alpha value is -1.20. The number of nitrogens with one attached hydrogen (secondary N) is 1. The molecule has 0 aliphatic heterocycles. The van der Waals surface area contributed by atoms with Gasteiger partial charge in [-0.15, -0.1) is 0 Å². The third-order valence-electron chi connectivity index (χ3n) is 2.42. The molecule has 0 saturated heterocycles. The van der Waals surface area contributed by atoms with Crippen LogP contribution in [-0.4, -0.2) is 17.0 Å². The van der Waals surface area contributed by atoms with E-state index in [0.29, 0.717) is 16.4 Å². The molecule has 18 heavy (non-hydrogen) atoms. The van der Waals surface area contributed by atoms with Crippen molar-refractivity contribution in [3.63, 3.8) is 0 Å². The molecule has 1 heterocycles. The maximum atomic E-state index is 13.6. The summed E-state index contributed by atoms with van der Waals surface area (Å²) in [5.74, 6) is 0.102. The number of hydrogen-bond acceptors (Lipinski definition) is 3. The highest BCUT2D eigenvalue weighted by atomic mass is 79.9. The zero-order valence-electron chi connectivity index (χ0n) is 9.76. The second kappa shape index (κ2) is 5.20. The quantitative estimate of drug-likeness (QED) is 0.902. The Morgan fingerprint density at radius 3 is 2.72 bits per heavy atom. The molecule has 0 atom stereocenters. The Morgan fingerprint density at radius 1 is 1.33 bits per heavy atom. The Morgan fingerprint density at radius 2 is 2.06 bits per heavy atom. The van der Waals surface area contributed by atoms with E-state index in [4.69, 9.17) is 11.6 Å². The van der Waals surface area contributed by atoms with Gasteiger partial charge in [0, 0.05) is 17.1 Å². The van der Waals surface area contributed by atoms with Crippen molar-refractivity contribution in [3.8, 4) is 11.4 Å². The number of benzene rings is 1. The van der Waals surface area contributed by atoms with Crippen LogP contribution in [0.2, 0.25) is 5.02 Å². The van der Waals surface area contributed by atoms with Crippen LogP contribution in [0.25, 0.3) is 11.4 Å². The van der Waals surface area contributed by atoms with Gasteiger partial charge in [0.15, 0.2) is 17.5 Å². The third kappa shape index (κ3) is 2.47. The Bertz CT molecular complexity index is 604. The molecule has 0 fully saturated rings. The van der Waals surface area contributed by atoms with E-state index in [1.165, 1.54) is 0 Å². The Balaban J connectivity index is 2.64. The highest BCUT2D eigenvalue weighted by Gasteiger charge is 2.13. The van der Waals surface area contributed by atoms with E-state index in [2.05, 4.69) is 31.2 Å². The van der Waals surface area contributed by atoms with E-state index in [0.717, 1.165) is 4.47 Å². The smallest absolute Gasteiger partial charge is 0.186 e. The monoisotopic (exact) mass is 329 g/mol. The van der Waals surface area contributed by atoms with Crippen LogP contribution in [0.5, 0.6) is 0 Å². The zero-order chi connectivity index (χ0) is 13.3. The van der Waals surface area contributed by atoms with E-state index in [-0.39, 0.29) is 11.5 Å². The van der Waals surface area contributed by atoms with E-state index in [9.17, 15) is 4.39 Å². The van der Waals surface area contributed by atoms with Crippen LogP contribution >= 0.6 is 27.5 Å². The van der Waals surface area contributed by atoms with Crippen LogP contribution in [0.1, 0.15) is 5.69 Å². The molecule has 0 amide bonds. The zero-order valence-corrected chi connectivity index (χ0v) is 12.1. The molecule has 0 saturated carbocycles. The van der Waals surface area contributed by atoms with Crippen molar-refractivity contribution < 1.29 is 4.39 Å². The van der Waals surface area contributed by atoms with Crippen molar-refractivity contribution in [2.24, 2.45) is 0 Å². The SMILES string of the molecule is CNc1nc(-c2cc(Br)ccc2Cl)nc(C)c1F. The summed E-state index contributed by atoms with van der Waals surface area (Å²) >= 11 is 9.46. The Kier molecular flexibility index (Phi) is 3.82. The summed E-state index contributed by atoms with van der Waals surface area (Å²) in [6, 6.07) is 5.36. The van der Waals surface area contributed by atoms with Crippen LogP contribution < -0.4 is 5.32 Å². The van der Waals surface area contributed by atoms with Gasteiger partial charge in [0.25, 0.3) is 0 Å². The lowest BCUT2D eigenvalue weighted by molar-refractivity contribution is 0.607. The van der Waals surface area contributed by atoms with E-state index in [1.54, 1.807) is 26.1 Å². The van der Waals surface area contributed by atoms with E-state index < -0.39 is 5.82 Å². The number of halogens is 3. The average molecular weight is 331 g/mol. The van der Waals surface area contributed by atoms with Crippen LogP contribution in [-0.2, 0) is 0 Å². The highest BCUT2D eigenvalue weighted by Crippen LogP contribution is 2.30. The topological polar surface area (TPSA) is 37.8 Å². The normalized spacial score (nSPS) is 10.5. The summed E-state index contributed by atoms with van der Waals surface area (Å²) in [4.78, 5) is 8.24. The first-order valence-electron chi connectivity index (χ1n) is 5.20. The summed E-state index contributed by atoms with van der Waals surface area (Å²) in [7, 11) is 1.61. The molecule has 0 radical (unpaired) electrons. The molecule has 0 aliphatic rings. The lowest BCUT2D eigenvalue weighted by atomic mass is 10.2. The Labute approximate surface area is 118 Å². The molecule has 0 unspecified atom stereocenters. The summed E-state index contributed by atoms with van der Waals surface area (Å²) in [6.45, 7) is 1.59. The number of anilines is 1. The first kappa shape index (κ1) is 13.2. The molecular weight excluding hydrogens is 321 g/mol. The van der Waals surface area contributed by atoms with Crippen LogP contribution in [0.4, 0.5) is 10.2 Å². The fourth-order valence-electron chi connectivity index (χ4n) is 1.51. The number of hydrogen-bond donors (Lipinski definition) is 1. The van der Waals surface area contributed by atoms with Gasteiger partial charge in [-0.1, -0.05) is 27.5 Å². The second-order valence-corrected chi connectivity index (χ2v) is 4.99. The largest absolute Gasteiger partial charge is 0.371 e. The van der Waals surface area contributed by atoms with Gasteiger partial charge in [-0.05, 0) is 25.1 Å². The lowest BCUT2D eigenvalue weighted by Gasteiger charge is -2.09. The molecule has 94 valence electrons. The second-order valence-electron chi connectivity index (χ2n) is 3.67. The molecule has 1 N–H and O–H groups in total. The molecule has 0 bridgehead atoms. The molecule has 2 aromatic rings. The summed E-state index contributed by atoms with van der Waals surface area (Å²) in [6.07, 6.45) is 0. The maximum Gasteiger partial charge on any atom is 0.186 e. The predicted molar refractivity (Wildman–Crippen MR) is 74.4 cm³/mol. The number of aryl methyl sites for hydroxylation is 1. The van der Waals surface area contributed by atoms with Gasteiger partial charge >= 0.3 is 0 Å². The standard InChI is InChI=1S/C12H10BrClFN3/c1-6-10(15)12(16-2)18-11(17-6)8-5-7(13)3-4-9(8)14/h3-5H,1-2H3,(H,16,17,18). The maximum absolute atomic E-state index is 13.6. The fourth-order valence-corrected chi connectivity index (χ4v) is 2.08. The third-order valence-corrected chi connectivity index (χ3v) is 3.25. The van der Waals surface area contributed by atoms with Crippen molar-refractivity contribution in [1.82, 2.24) is 9.97 Å². The minimum atomic E-state index is -0.452. The molecule has 1 aromatic carbocycles. The first-order chi connectivity index (χ1) is 8.52. The van der Waals surface area contributed by atoms with Crippen LogP contribution in [0.3, 0.4) is 0 Å². The van der Waals surface area contributed by atoms with Gasteiger partial charge in [0.1, 0.15) is 0 Å². The number of aromatic nitrogens is 2. The van der Waals surface area contributed by atoms with E-state index >= 15 is 0 Å². The molecule has 1 aromatic heterocycles. The predicted octanol–water partition coefficient (Wildman–Crippen LogP) is 4.05. The van der Waals surface area contributed by atoms with Gasteiger partial charge in [-0.3, -0.25) is 0 Å². The van der Waals surface area contributed by atoms with Crippen molar-refractivity contribution in [3.05, 3.63) is 39.2 Å². The van der Waals surface area contributed by atoms with Gasteiger partial charge in [0.2, 0.25) is 0 Å². The lowest BCUT2D eigenvalue weighted by Crippen LogP contribution is -2.03. The minimum absolute atomic E-state index is 0.161. The van der Waals surface area contributed by atoms with Crippen LogP contribution in [0.15, 0.2) is 22.7 Å². The van der Waals surface area contributed by atoms with Crippen molar-refractivity contribution in [2.75, 3.05) is 12.4 Å². The molecule has 3 nitrogen and oxygen atoms in total. The summed E-state index contributed by atoms with van der Waals surface area (Å²) < 4.78 is 14.5. The van der Waals surface area contributed by atoms with Crippen molar-refractivity contribution in [2.45, 2.75) is 6.92 Å². The number of rotatable bonds is 2.